The van der Waals surface area contributed by atoms with Crippen LogP contribution >= 0.6 is 0 Å². The van der Waals surface area contributed by atoms with E-state index in [9.17, 15) is 0 Å². The number of rotatable bonds is 1. The van der Waals surface area contributed by atoms with Crippen LogP contribution in [0.4, 0.5) is 0 Å². The molecule has 1 rings (SSSR count). The molecule has 10 heavy (non-hydrogen) atoms. The van der Waals surface area contributed by atoms with Gasteiger partial charge in [-0.05, 0) is 25.5 Å². The maximum absolute atomic E-state index is 8.41. The van der Waals surface area contributed by atoms with Crippen LogP contribution in [0, 0.1) is 0 Å². The molecule has 0 aromatic rings. The molecule has 0 aliphatic carbocycles. The van der Waals surface area contributed by atoms with Gasteiger partial charge in [0.15, 0.2) is 0 Å². The van der Waals surface area contributed by atoms with Crippen LogP contribution < -0.4 is 5.32 Å². The molecule has 0 aromatic carbocycles. The molecule has 2 N–H and O–H groups in total. The Bertz CT molecular complexity index is 172. The van der Waals surface area contributed by atoms with Gasteiger partial charge in [0.1, 0.15) is 0 Å². The van der Waals surface area contributed by atoms with E-state index in [0.29, 0.717) is 5.71 Å². The lowest BCUT2D eigenvalue weighted by Gasteiger charge is -2.12. The molecular formula is C7H12N2O. The van der Waals surface area contributed by atoms with Gasteiger partial charge in [-0.1, -0.05) is 11.2 Å². The van der Waals surface area contributed by atoms with Crippen molar-refractivity contribution >= 4 is 5.71 Å². The Hall–Kier alpha value is -0.830. The van der Waals surface area contributed by atoms with Crippen LogP contribution in [0.25, 0.3) is 0 Å². The first-order valence-electron chi connectivity index (χ1n) is 3.43. The Morgan fingerprint density at radius 2 is 2.60 bits per heavy atom. The average Bonchev–Trinajstić information content (AvgIpc) is 2.05. The molecule has 0 aromatic heterocycles. The van der Waals surface area contributed by atoms with Crippen molar-refractivity contribution in [1.82, 2.24) is 5.32 Å². The monoisotopic (exact) mass is 140 g/mol. The Labute approximate surface area is 60.4 Å². The summed E-state index contributed by atoms with van der Waals surface area (Å²) < 4.78 is 0. The Kier molecular flexibility index (Phi) is 2.45. The third kappa shape index (κ3) is 1.57. The molecule has 0 saturated heterocycles. The minimum absolute atomic E-state index is 0.715. The summed E-state index contributed by atoms with van der Waals surface area (Å²) in [7, 11) is 0. The lowest BCUT2D eigenvalue weighted by molar-refractivity contribution is 0.318. The molecule has 1 aliphatic heterocycles. The molecule has 0 unspecified atom stereocenters. The van der Waals surface area contributed by atoms with Gasteiger partial charge in [-0.3, -0.25) is 0 Å². The van der Waals surface area contributed by atoms with Crippen molar-refractivity contribution in [3.63, 3.8) is 0 Å². The van der Waals surface area contributed by atoms with Crippen molar-refractivity contribution in [1.29, 1.82) is 0 Å². The minimum atomic E-state index is 0.715. The second kappa shape index (κ2) is 3.37. The lowest BCUT2D eigenvalue weighted by atomic mass is 10.1. The molecule has 1 aliphatic rings. The Morgan fingerprint density at radius 3 is 3.10 bits per heavy atom. The number of hydrogen-bond acceptors (Lipinski definition) is 3. The highest BCUT2D eigenvalue weighted by Gasteiger charge is 2.04. The zero-order chi connectivity index (χ0) is 7.40. The first-order valence-corrected chi connectivity index (χ1v) is 3.43. The molecule has 0 saturated carbocycles. The number of nitrogens with zero attached hydrogens (tertiary/aromatic N) is 1. The fourth-order valence-electron chi connectivity index (χ4n) is 0.984. The van der Waals surface area contributed by atoms with Crippen LogP contribution in [0.2, 0.25) is 0 Å². The molecule has 0 spiro atoms. The summed E-state index contributed by atoms with van der Waals surface area (Å²) in [5.74, 6) is 0. The molecule has 3 heteroatoms. The highest BCUT2D eigenvalue weighted by molar-refractivity contribution is 5.98. The van der Waals surface area contributed by atoms with Gasteiger partial charge >= 0.3 is 0 Å². The van der Waals surface area contributed by atoms with Gasteiger partial charge in [-0.2, -0.15) is 0 Å². The maximum atomic E-state index is 8.41. The van der Waals surface area contributed by atoms with Crippen molar-refractivity contribution in [2.45, 2.75) is 13.3 Å². The van der Waals surface area contributed by atoms with Crippen LogP contribution in [-0.2, 0) is 0 Å². The predicted octanol–water partition coefficient (Wildman–Crippen LogP) is 0.756. The van der Waals surface area contributed by atoms with Gasteiger partial charge in [-0.25, -0.2) is 0 Å². The van der Waals surface area contributed by atoms with E-state index >= 15 is 0 Å². The van der Waals surface area contributed by atoms with E-state index in [1.165, 1.54) is 0 Å². The van der Waals surface area contributed by atoms with Crippen molar-refractivity contribution in [2.24, 2.45) is 5.16 Å². The van der Waals surface area contributed by atoms with Crippen LogP contribution in [-0.4, -0.2) is 24.0 Å². The second-order valence-electron chi connectivity index (χ2n) is 2.38. The third-order valence-electron chi connectivity index (χ3n) is 1.64. The van der Waals surface area contributed by atoms with Gasteiger partial charge in [0, 0.05) is 6.54 Å². The molecule has 0 atom stereocenters. The fraction of sp³-hybridized carbons (Fsp3) is 0.571. The third-order valence-corrected chi connectivity index (χ3v) is 1.64. The summed E-state index contributed by atoms with van der Waals surface area (Å²) in [5, 5.41) is 14.7. The summed E-state index contributed by atoms with van der Waals surface area (Å²) in [6.07, 6.45) is 3.13. The van der Waals surface area contributed by atoms with E-state index in [0.717, 1.165) is 25.1 Å². The van der Waals surface area contributed by atoms with Crippen molar-refractivity contribution in [2.75, 3.05) is 13.1 Å². The molecule has 0 radical (unpaired) electrons. The summed E-state index contributed by atoms with van der Waals surface area (Å²) in [6, 6.07) is 0. The molecule has 3 nitrogen and oxygen atoms in total. The standard InChI is InChI=1S/C7H12N2O/c1-6(9-10)7-3-2-4-8-5-7/h3,8,10H,2,4-5H2,1H3. The first kappa shape index (κ1) is 7.28. The van der Waals surface area contributed by atoms with E-state index in [2.05, 4.69) is 16.5 Å². The summed E-state index contributed by atoms with van der Waals surface area (Å²) in [4.78, 5) is 0. The highest BCUT2D eigenvalue weighted by Crippen LogP contribution is 2.02. The number of oxime groups is 1. The van der Waals surface area contributed by atoms with Gasteiger partial charge < -0.3 is 10.5 Å². The Morgan fingerprint density at radius 1 is 1.80 bits per heavy atom. The van der Waals surface area contributed by atoms with Crippen molar-refractivity contribution in [3.05, 3.63) is 11.6 Å². The lowest BCUT2D eigenvalue weighted by Crippen LogP contribution is -2.25. The van der Waals surface area contributed by atoms with E-state index in [1.807, 2.05) is 0 Å². The predicted molar refractivity (Wildman–Crippen MR) is 40.5 cm³/mol. The van der Waals surface area contributed by atoms with Crippen molar-refractivity contribution < 1.29 is 5.21 Å². The van der Waals surface area contributed by atoms with Crippen molar-refractivity contribution in [3.8, 4) is 0 Å². The average molecular weight is 140 g/mol. The van der Waals surface area contributed by atoms with E-state index in [4.69, 9.17) is 5.21 Å². The SMILES string of the molecule is CC(=NO)C1=CCCNC1. The maximum Gasteiger partial charge on any atom is 0.0806 e. The topological polar surface area (TPSA) is 44.6 Å². The van der Waals surface area contributed by atoms with Crippen LogP contribution in [0.1, 0.15) is 13.3 Å². The van der Waals surface area contributed by atoms with Gasteiger partial charge in [-0.15, -0.1) is 0 Å². The summed E-state index contributed by atoms with van der Waals surface area (Å²) in [5.41, 5.74) is 1.82. The molecular weight excluding hydrogens is 128 g/mol. The molecule has 0 amide bonds. The first-order chi connectivity index (χ1) is 4.84. The Balaban J connectivity index is 2.62. The van der Waals surface area contributed by atoms with E-state index in [1.54, 1.807) is 6.92 Å². The smallest absolute Gasteiger partial charge is 0.0806 e. The zero-order valence-corrected chi connectivity index (χ0v) is 6.09. The summed E-state index contributed by atoms with van der Waals surface area (Å²) in [6.45, 7) is 3.66. The minimum Gasteiger partial charge on any atom is -0.411 e. The number of hydrogen-bond donors (Lipinski definition) is 2. The highest BCUT2D eigenvalue weighted by atomic mass is 16.4. The molecule has 0 bridgehead atoms. The second-order valence-corrected chi connectivity index (χ2v) is 2.38. The van der Waals surface area contributed by atoms with Gasteiger partial charge in [0.2, 0.25) is 0 Å². The van der Waals surface area contributed by atoms with Gasteiger partial charge in [0.25, 0.3) is 0 Å². The fourth-order valence-corrected chi connectivity index (χ4v) is 0.984. The summed E-state index contributed by atoms with van der Waals surface area (Å²) >= 11 is 0. The van der Waals surface area contributed by atoms with Crippen LogP contribution in [0.5, 0.6) is 0 Å². The van der Waals surface area contributed by atoms with E-state index in [-0.39, 0.29) is 0 Å². The van der Waals surface area contributed by atoms with Crippen LogP contribution in [0.3, 0.4) is 0 Å². The molecule has 56 valence electrons. The van der Waals surface area contributed by atoms with Crippen LogP contribution in [0.15, 0.2) is 16.8 Å². The largest absolute Gasteiger partial charge is 0.411 e. The van der Waals surface area contributed by atoms with Gasteiger partial charge in [0.05, 0.1) is 5.71 Å². The number of nitrogens with one attached hydrogen (secondary N) is 1. The zero-order valence-electron chi connectivity index (χ0n) is 6.09. The molecule has 0 fully saturated rings. The van der Waals surface area contributed by atoms with E-state index < -0.39 is 0 Å². The quantitative estimate of drug-likeness (QED) is 0.321. The normalized spacial score (nSPS) is 20.5. The molecule has 1 heterocycles.